The van der Waals surface area contributed by atoms with Gasteiger partial charge in [-0.1, -0.05) is 67.1 Å². The molecule has 2 aromatic carbocycles. The Morgan fingerprint density at radius 3 is 2.70 bits per heavy atom. The molecule has 0 aliphatic carbocycles. The van der Waals surface area contributed by atoms with E-state index in [-0.39, 0.29) is 5.41 Å². The largest absolute Gasteiger partial charge is 0.260 e. The van der Waals surface area contributed by atoms with Gasteiger partial charge in [0.2, 0.25) is 0 Å². The lowest BCUT2D eigenvalue weighted by atomic mass is 9.81. The monoisotopic (exact) mass is 281 g/mol. The number of para-hydroxylation sites is 1. The lowest BCUT2D eigenvalue weighted by molar-refractivity contribution is 0.679. The Labute approximate surface area is 124 Å². The predicted octanol–water partition coefficient (Wildman–Crippen LogP) is 5.42. The quantitative estimate of drug-likeness (QED) is 0.712. The molecule has 0 spiro atoms. The van der Waals surface area contributed by atoms with E-state index in [9.17, 15) is 0 Å². The number of hydrogen-bond donors (Lipinski definition) is 0. The van der Waals surface area contributed by atoms with Crippen molar-refractivity contribution in [2.45, 2.75) is 18.8 Å². The van der Waals surface area contributed by atoms with Gasteiger partial charge in [0.15, 0.2) is 0 Å². The summed E-state index contributed by atoms with van der Waals surface area (Å²) in [5.41, 5.74) is 3.42. The van der Waals surface area contributed by atoms with E-state index in [1.54, 1.807) is 0 Å². The van der Waals surface area contributed by atoms with Crippen LogP contribution in [0.5, 0.6) is 0 Å². The second-order valence-electron chi connectivity index (χ2n) is 5.32. The number of aliphatic imine (C=N–C) groups is 1. The summed E-state index contributed by atoms with van der Waals surface area (Å²) in [5.74, 6) is 0. The smallest absolute Gasteiger partial charge is 0.0667 e. The summed E-state index contributed by atoms with van der Waals surface area (Å²) in [7, 11) is 0. The van der Waals surface area contributed by atoms with Crippen LogP contribution < -0.4 is 0 Å². The molecule has 1 aliphatic heterocycles. The highest BCUT2D eigenvalue weighted by molar-refractivity contribution is 6.32. The van der Waals surface area contributed by atoms with E-state index in [4.69, 9.17) is 11.6 Å². The SMILES string of the molecule is C[C@]1(C/C=C/c2ccccc2Cl)C=Nc2ccccc21. The molecule has 100 valence electrons. The summed E-state index contributed by atoms with van der Waals surface area (Å²) in [4.78, 5) is 4.51. The van der Waals surface area contributed by atoms with Gasteiger partial charge in [0.05, 0.1) is 5.69 Å². The minimum Gasteiger partial charge on any atom is -0.260 e. The fourth-order valence-electron chi connectivity index (χ4n) is 2.55. The number of benzene rings is 2. The molecule has 0 bridgehead atoms. The first-order chi connectivity index (χ1) is 9.69. The van der Waals surface area contributed by atoms with Crippen LogP contribution in [0.4, 0.5) is 5.69 Å². The van der Waals surface area contributed by atoms with Gasteiger partial charge in [-0.05, 0) is 29.7 Å². The van der Waals surface area contributed by atoms with Gasteiger partial charge < -0.3 is 0 Å². The topological polar surface area (TPSA) is 12.4 Å². The van der Waals surface area contributed by atoms with Crippen LogP contribution in [0.2, 0.25) is 5.02 Å². The molecule has 0 saturated carbocycles. The lowest BCUT2D eigenvalue weighted by Crippen LogP contribution is -2.19. The van der Waals surface area contributed by atoms with E-state index in [2.05, 4.69) is 48.5 Å². The summed E-state index contributed by atoms with van der Waals surface area (Å²) in [6.45, 7) is 2.22. The zero-order valence-electron chi connectivity index (χ0n) is 11.4. The van der Waals surface area contributed by atoms with Crippen LogP contribution in [0.3, 0.4) is 0 Å². The van der Waals surface area contributed by atoms with E-state index < -0.39 is 0 Å². The van der Waals surface area contributed by atoms with E-state index in [1.165, 1.54) is 5.56 Å². The van der Waals surface area contributed by atoms with Crippen LogP contribution in [0.25, 0.3) is 6.08 Å². The van der Waals surface area contributed by atoms with Crippen molar-refractivity contribution in [3.05, 3.63) is 70.8 Å². The summed E-state index contributed by atoms with van der Waals surface area (Å²) < 4.78 is 0. The second kappa shape index (κ2) is 5.26. The first-order valence-electron chi connectivity index (χ1n) is 6.75. The Bertz CT molecular complexity index is 687. The Hall–Kier alpha value is -1.86. The number of nitrogens with zero attached hydrogens (tertiary/aromatic N) is 1. The molecule has 0 aromatic heterocycles. The number of hydrogen-bond acceptors (Lipinski definition) is 1. The first-order valence-corrected chi connectivity index (χ1v) is 7.13. The van der Waals surface area contributed by atoms with Crippen LogP contribution in [-0.4, -0.2) is 6.21 Å². The van der Waals surface area contributed by atoms with Gasteiger partial charge in [-0.3, -0.25) is 4.99 Å². The molecule has 0 amide bonds. The molecular formula is C18H16ClN. The van der Waals surface area contributed by atoms with Crippen molar-refractivity contribution < 1.29 is 0 Å². The normalized spacial score (nSPS) is 20.5. The Morgan fingerprint density at radius 1 is 1.10 bits per heavy atom. The molecular weight excluding hydrogens is 266 g/mol. The van der Waals surface area contributed by atoms with Crippen molar-refractivity contribution in [2.24, 2.45) is 4.99 Å². The molecule has 1 heterocycles. The van der Waals surface area contributed by atoms with E-state index in [1.807, 2.05) is 30.3 Å². The third-order valence-corrected chi connectivity index (χ3v) is 4.10. The Balaban J connectivity index is 1.80. The standard InChI is InChI=1S/C18H16ClN/c1-18(13-20-17-11-5-3-9-15(17)18)12-6-8-14-7-2-4-10-16(14)19/h2-11,13H,12H2,1H3/b8-6+/t18-/m0/s1. The van der Waals surface area contributed by atoms with Crippen LogP contribution >= 0.6 is 11.6 Å². The van der Waals surface area contributed by atoms with Crippen LogP contribution in [0, 0.1) is 0 Å². The van der Waals surface area contributed by atoms with Crippen molar-refractivity contribution >= 4 is 29.6 Å². The van der Waals surface area contributed by atoms with Crippen molar-refractivity contribution in [2.75, 3.05) is 0 Å². The van der Waals surface area contributed by atoms with E-state index >= 15 is 0 Å². The van der Waals surface area contributed by atoms with Crippen LogP contribution in [-0.2, 0) is 5.41 Å². The third-order valence-electron chi connectivity index (χ3n) is 3.75. The molecule has 0 fully saturated rings. The van der Waals surface area contributed by atoms with Gasteiger partial charge in [0.25, 0.3) is 0 Å². The molecule has 1 nitrogen and oxygen atoms in total. The summed E-state index contributed by atoms with van der Waals surface area (Å²) in [6, 6.07) is 16.2. The summed E-state index contributed by atoms with van der Waals surface area (Å²) in [6.07, 6.45) is 7.23. The van der Waals surface area contributed by atoms with Gasteiger partial charge in [0.1, 0.15) is 0 Å². The van der Waals surface area contributed by atoms with E-state index in [0.29, 0.717) is 0 Å². The molecule has 0 saturated heterocycles. The number of fused-ring (bicyclic) bond motifs is 1. The van der Waals surface area contributed by atoms with E-state index in [0.717, 1.165) is 22.7 Å². The van der Waals surface area contributed by atoms with Gasteiger partial charge in [-0.25, -0.2) is 0 Å². The number of halogens is 1. The predicted molar refractivity (Wildman–Crippen MR) is 87.0 cm³/mol. The second-order valence-corrected chi connectivity index (χ2v) is 5.73. The zero-order chi connectivity index (χ0) is 14.0. The van der Waals surface area contributed by atoms with Gasteiger partial charge >= 0.3 is 0 Å². The minimum absolute atomic E-state index is 0.0195. The summed E-state index contributed by atoms with van der Waals surface area (Å²) in [5, 5.41) is 0.786. The Morgan fingerprint density at radius 2 is 1.85 bits per heavy atom. The van der Waals surface area contributed by atoms with Crippen molar-refractivity contribution in [3.63, 3.8) is 0 Å². The highest BCUT2D eigenvalue weighted by Gasteiger charge is 2.29. The first kappa shape index (κ1) is 13.1. The lowest BCUT2D eigenvalue weighted by Gasteiger charge is -2.20. The molecule has 0 N–H and O–H groups in total. The maximum atomic E-state index is 6.16. The molecule has 0 unspecified atom stereocenters. The third kappa shape index (κ3) is 2.41. The van der Waals surface area contributed by atoms with Crippen molar-refractivity contribution in [3.8, 4) is 0 Å². The Kier molecular flexibility index (Phi) is 3.45. The van der Waals surface area contributed by atoms with Gasteiger partial charge in [0, 0.05) is 16.7 Å². The molecule has 1 atom stereocenters. The van der Waals surface area contributed by atoms with Gasteiger partial charge in [-0.2, -0.15) is 0 Å². The number of allylic oxidation sites excluding steroid dienone is 1. The highest BCUT2D eigenvalue weighted by atomic mass is 35.5. The van der Waals surface area contributed by atoms with Crippen LogP contribution in [0.15, 0.2) is 59.6 Å². The molecule has 0 radical (unpaired) electrons. The fourth-order valence-corrected chi connectivity index (χ4v) is 2.75. The molecule has 2 aromatic rings. The van der Waals surface area contributed by atoms with Gasteiger partial charge in [-0.15, -0.1) is 0 Å². The zero-order valence-corrected chi connectivity index (χ0v) is 12.1. The fraction of sp³-hybridized carbons (Fsp3) is 0.167. The maximum absolute atomic E-state index is 6.16. The molecule has 20 heavy (non-hydrogen) atoms. The highest BCUT2D eigenvalue weighted by Crippen LogP contribution is 2.39. The maximum Gasteiger partial charge on any atom is 0.0667 e. The van der Waals surface area contributed by atoms with Crippen molar-refractivity contribution in [1.82, 2.24) is 0 Å². The van der Waals surface area contributed by atoms with Crippen LogP contribution in [0.1, 0.15) is 24.5 Å². The summed E-state index contributed by atoms with van der Waals surface area (Å²) >= 11 is 6.16. The number of rotatable bonds is 3. The van der Waals surface area contributed by atoms with Crippen molar-refractivity contribution in [1.29, 1.82) is 0 Å². The minimum atomic E-state index is -0.0195. The molecule has 1 aliphatic rings. The molecule has 2 heteroatoms. The average molecular weight is 282 g/mol. The average Bonchev–Trinajstić information content (AvgIpc) is 2.80. The molecule has 3 rings (SSSR count).